The van der Waals surface area contributed by atoms with Crippen molar-refractivity contribution in [3.05, 3.63) is 5.69 Å². The second-order valence-corrected chi connectivity index (χ2v) is 2.90. The number of carbonyl (C=O) groups is 1. The van der Waals surface area contributed by atoms with Gasteiger partial charge in [-0.2, -0.15) is 9.97 Å². The van der Waals surface area contributed by atoms with Gasteiger partial charge in [0.1, 0.15) is 5.69 Å². The molecule has 0 aliphatic heterocycles. The van der Waals surface area contributed by atoms with Gasteiger partial charge in [0.05, 0.1) is 18.9 Å². The summed E-state index contributed by atoms with van der Waals surface area (Å²) < 4.78 is 10.5. The van der Waals surface area contributed by atoms with E-state index in [4.69, 9.17) is 9.47 Å². The van der Waals surface area contributed by atoms with E-state index in [2.05, 4.69) is 15.3 Å². The molecule has 0 aromatic carbocycles. The molecule has 1 heterocycles. The van der Waals surface area contributed by atoms with Gasteiger partial charge in [0, 0.05) is 0 Å². The van der Waals surface area contributed by atoms with Gasteiger partial charge in [0.25, 0.3) is 0 Å². The third-order valence-corrected chi connectivity index (χ3v) is 1.79. The molecule has 88 valence electrons. The van der Waals surface area contributed by atoms with Crippen molar-refractivity contribution >= 4 is 12.1 Å². The summed E-state index contributed by atoms with van der Waals surface area (Å²) in [5.41, 5.74) is 1.08. The van der Waals surface area contributed by atoms with E-state index in [-0.39, 0.29) is 6.01 Å². The number of anilines is 1. The number of amides is 1. The van der Waals surface area contributed by atoms with Gasteiger partial charge < -0.3 is 14.8 Å². The maximum atomic E-state index is 10.4. The highest BCUT2D eigenvalue weighted by atomic mass is 16.5. The zero-order chi connectivity index (χ0) is 12.0. The largest absolute Gasteiger partial charge is 0.476 e. The molecular formula is C10H15N3O3. The molecule has 1 rings (SSSR count). The first-order valence-corrected chi connectivity index (χ1v) is 5.07. The van der Waals surface area contributed by atoms with Crippen LogP contribution >= 0.6 is 0 Å². The maximum absolute atomic E-state index is 10.4. The van der Waals surface area contributed by atoms with E-state index in [1.54, 1.807) is 6.92 Å². The molecule has 0 spiro atoms. The van der Waals surface area contributed by atoms with Crippen molar-refractivity contribution < 1.29 is 14.3 Å². The summed E-state index contributed by atoms with van der Waals surface area (Å²) in [7, 11) is 0. The Morgan fingerprint density at radius 3 is 2.50 bits per heavy atom. The van der Waals surface area contributed by atoms with Crippen LogP contribution in [-0.2, 0) is 4.79 Å². The summed E-state index contributed by atoms with van der Waals surface area (Å²) in [6.45, 7) is 6.36. The molecule has 0 saturated carbocycles. The van der Waals surface area contributed by atoms with Crippen molar-refractivity contribution in [2.24, 2.45) is 0 Å². The van der Waals surface area contributed by atoms with Gasteiger partial charge in [-0.3, -0.25) is 4.79 Å². The highest BCUT2D eigenvalue weighted by Crippen LogP contribution is 2.26. The zero-order valence-corrected chi connectivity index (χ0v) is 9.61. The Morgan fingerprint density at radius 2 is 1.94 bits per heavy atom. The van der Waals surface area contributed by atoms with Gasteiger partial charge in [-0.05, 0) is 20.8 Å². The maximum Gasteiger partial charge on any atom is 0.320 e. The number of hydrogen-bond donors (Lipinski definition) is 1. The zero-order valence-electron chi connectivity index (χ0n) is 9.61. The second kappa shape index (κ2) is 5.89. The molecule has 1 aromatic heterocycles. The lowest BCUT2D eigenvalue weighted by molar-refractivity contribution is -0.105. The van der Waals surface area contributed by atoms with E-state index in [1.165, 1.54) is 0 Å². The Labute approximate surface area is 94.0 Å². The molecule has 0 fully saturated rings. The van der Waals surface area contributed by atoms with Crippen LogP contribution in [0.1, 0.15) is 19.5 Å². The van der Waals surface area contributed by atoms with Gasteiger partial charge in [-0.25, -0.2) is 0 Å². The van der Waals surface area contributed by atoms with E-state index in [1.807, 2.05) is 13.8 Å². The molecule has 1 aromatic rings. The minimum Gasteiger partial charge on any atom is -0.476 e. The van der Waals surface area contributed by atoms with Crippen molar-refractivity contribution in [3.63, 3.8) is 0 Å². The number of aromatic nitrogens is 2. The highest BCUT2D eigenvalue weighted by Gasteiger charge is 2.12. The molecule has 0 bridgehead atoms. The Kier molecular flexibility index (Phi) is 4.50. The number of nitrogens with one attached hydrogen (secondary N) is 1. The third-order valence-electron chi connectivity index (χ3n) is 1.79. The minimum atomic E-state index is 0.250. The fraction of sp³-hybridized carbons (Fsp3) is 0.500. The lowest BCUT2D eigenvalue weighted by Crippen LogP contribution is -2.08. The number of nitrogens with zero attached hydrogens (tertiary/aromatic N) is 2. The van der Waals surface area contributed by atoms with Gasteiger partial charge in [0.2, 0.25) is 12.3 Å². The van der Waals surface area contributed by atoms with Crippen molar-refractivity contribution in [2.75, 3.05) is 18.5 Å². The first kappa shape index (κ1) is 12.2. The smallest absolute Gasteiger partial charge is 0.320 e. The fourth-order valence-electron chi connectivity index (χ4n) is 1.18. The summed E-state index contributed by atoms with van der Waals surface area (Å²) >= 11 is 0. The Morgan fingerprint density at radius 1 is 1.25 bits per heavy atom. The van der Waals surface area contributed by atoms with Gasteiger partial charge in [-0.1, -0.05) is 0 Å². The van der Waals surface area contributed by atoms with E-state index in [0.29, 0.717) is 36.9 Å². The van der Waals surface area contributed by atoms with Crippen molar-refractivity contribution in [1.82, 2.24) is 9.97 Å². The van der Waals surface area contributed by atoms with Crippen LogP contribution in [0.4, 0.5) is 5.69 Å². The second-order valence-electron chi connectivity index (χ2n) is 2.90. The molecule has 0 aliphatic rings. The number of ether oxygens (including phenoxy) is 2. The molecular weight excluding hydrogens is 210 g/mol. The summed E-state index contributed by atoms with van der Waals surface area (Å²) in [4.78, 5) is 18.6. The van der Waals surface area contributed by atoms with E-state index in [9.17, 15) is 4.79 Å². The van der Waals surface area contributed by atoms with Crippen LogP contribution in [0.25, 0.3) is 0 Å². The van der Waals surface area contributed by atoms with Crippen LogP contribution in [0.5, 0.6) is 11.9 Å². The molecule has 16 heavy (non-hydrogen) atoms. The predicted octanol–water partition coefficient (Wildman–Crippen LogP) is 1.15. The van der Waals surface area contributed by atoms with Gasteiger partial charge >= 0.3 is 6.01 Å². The van der Waals surface area contributed by atoms with Gasteiger partial charge in [-0.15, -0.1) is 0 Å². The van der Waals surface area contributed by atoms with Crippen LogP contribution < -0.4 is 14.8 Å². The molecule has 1 N–H and O–H groups in total. The van der Waals surface area contributed by atoms with Crippen molar-refractivity contribution in [2.45, 2.75) is 20.8 Å². The number of hydrogen-bond acceptors (Lipinski definition) is 5. The van der Waals surface area contributed by atoms with E-state index in [0.717, 1.165) is 0 Å². The Hall–Kier alpha value is -1.85. The van der Waals surface area contributed by atoms with Crippen LogP contribution in [0.3, 0.4) is 0 Å². The first-order chi connectivity index (χ1) is 7.72. The number of aryl methyl sites for hydroxylation is 1. The van der Waals surface area contributed by atoms with Crippen LogP contribution in [0, 0.1) is 6.92 Å². The predicted molar refractivity (Wildman–Crippen MR) is 58.8 cm³/mol. The molecule has 0 radical (unpaired) electrons. The van der Waals surface area contributed by atoms with Crippen LogP contribution in [-0.4, -0.2) is 29.6 Å². The Balaban J connectivity index is 3.10. The molecule has 0 unspecified atom stereocenters. The molecule has 6 nitrogen and oxygen atoms in total. The summed E-state index contributed by atoms with van der Waals surface area (Å²) in [5, 5.41) is 2.51. The number of carbonyl (C=O) groups excluding carboxylic acids is 1. The third kappa shape index (κ3) is 2.82. The molecule has 0 aliphatic carbocycles. The van der Waals surface area contributed by atoms with Gasteiger partial charge in [0.15, 0.2) is 0 Å². The summed E-state index contributed by atoms with van der Waals surface area (Å²) in [6, 6.07) is 0.250. The summed E-state index contributed by atoms with van der Waals surface area (Å²) in [6.07, 6.45) is 0.564. The lowest BCUT2D eigenvalue weighted by Gasteiger charge is -2.11. The quantitative estimate of drug-likeness (QED) is 0.735. The van der Waals surface area contributed by atoms with Crippen molar-refractivity contribution in [3.8, 4) is 11.9 Å². The monoisotopic (exact) mass is 225 g/mol. The van der Waals surface area contributed by atoms with E-state index >= 15 is 0 Å². The normalized spacial score (nSPS) is 9.69. The molecule has 6 heteroatoms. The minimum absolute atomic E-state index is 0.250. The number of rotatable bonds is 6. The fourth-order valence-corrected chi connectivity index (χ4v) is 1.18. The molecule has 0 saturated heterocycles. The first-order valence-electron chi connectivity index (χ1n) is 5.07. The lowest BCUT2D eigenvalue weighted by atomic mass is 10.3. The molecule has 0 atom stereocenters. The standard InChI is InChI=1S/C10H15N3O3/c1-4-15-9-8(11-6-14)7(3)12-10(13-9)16-5-2/h6H,4-5H2,1-3H3,(H,11,14). The highest BCUT2D eigenvalue weighted by molar-refractivity contribution is 5.75. The SMILES string of the molecule is CCOc1nc(C)c(NC=O)c(OCC)n1. The molecule has 1 amide bonds. The summed E-state index contributed by atoms with van der Waals surface area (Å²) in [5.74, 6) is 0.325. The van der Waals surface area contributed by atoms with E-state index < -0.39 is 0 Å². The average Bonchev–Trinajstić information content (AvgIpc) is 2.24. The van der Waals surface area contributed by atoms with Crippen LogP contribution in [0.15, 0.2) is 0 Å². The Bertz CT molecular complexity index is 369. The van der Waals surface area contributed by atoms with Crippen molar-refractivity contribution in [1.29, 1.82) is 0 Å². The topological polar surface area (TPSA) is 73.3 Å². The van der Waals surface area contributed by atoms with Crippen LogP contribution in [0.2, 0.25) is 0 Å². The average molecular weight is 225 g/mol.